The van der Waals surface area contributed by atoms with Crippen LogP contribution in [-0.4, -0.2) is 10.1 Å². The van der Waals surface area contributed by atoms with Gasteiger partial charge in [0.05, 0.1) is 0 Å². The van der Waals surface area contributed by atoms with Gasteiger partial charge in [0, 0.05) is 0 Å². The first-order chi connectivity index (χ1) is 10.6. The Kier molecular flexibility index (Phi) is 9.33. The van der Waals surface area contributed by atoms with Crippen LogP contribution in [0.25, 0.3) is 12.2 Å². The number of allylic oxidation sites excluding steroid dienone is 2. The van der Waals surface area contributed by atoms with Crippen LogP contribution in [0.3, 0.4) is 0 Å². The van der Waals surface area contributed by atoms with Crippen molar-refractivity contribution < 1.29 is 4.79 Å². The molecule has 0 aliphatic heterocycles. The maximum absolute atomic E-state index is 11.6. The third kappa shape index (κ3) is 9.41. The number of ketones is 1. The van der Waals surface area contributed by atoms with Gasteiger partial charge in [-0.15, -0.1) is 0 Å². The summed E-state index contributed by atoms with van der Waals surface area (Å²) in [4.78, 5) is 11.6. The maximum Gasteiger partial charge on any atom is 0.180 e. The van der Waals surface area contributed by atoms with Crippen molar-refractivity contribution in [3.05, 3.63) is 83.9 Å². The van der Waals surface area contributed by atoms with Gasteiger partial charge in [-0.1, -0.05) is 108 Å². The third-order valence-corrected chi connectivity index (χ3v) is 2.48. The van der Waals surface area contributed by atoms with E-state index in [4.69, 9.17) is 34.8 Å². The van der Waals surface area contributed by atoms with Crippen LogP contribution in [-0.2, 0) is 4.79 Å². The predicted octanol–water partition coefficient (Wildman–Crippen LogP) is 5.97. The summed E-state index contributed by atoms with van der Waals surface area (Å²) in [6.45, 7) is 0. The van der Waals surface area contributed by atoms with Gasteiger partial charge in [0.2, 0.25) is 0 Å². The normalized spacial score (nSPS) is 10.7. The fraction of sp³-hybridized carbons (Fsp3) is 0.0556. The lowest BCUT2D eigenvalue weighted by Gasteiger charge is -1.91. The molecule has 2 rings (SSSR count). The molecule has 22 heavy (non-hydrogen) atoms. The summed E-state index contributed by atoms with van der Waals surface area (Å²) in [5, 5.41) is 0. The van der Waals surface area contributed by atoms with Gasteiger partial charge in [-0.05, 0) is 23.3 Å². The fourth-order valence-corrected chi connectivity index (χ4v) is 1.54. The molecule has 0 saturated carbocycles. The highest BCUT2D eigenvalue weighted by Gasteiger charge is 1.90. The van der Waals surface area contributed by atoms with E-state index >= 15 is 0 Å². The Balaban J connectivity index is 0.000000541. The van der Waals surface area contributed by atoms with Crippen molar-refractivity contribution in [1.82, 2.24) is 0 Å². The van der Waals surface area contributed by atoms with Crippen LogP contribution in [0.4, 0.5) is 0 Å². The molecule has 0 spiro atoms. The summed E-state index contributed by atoms with van der Waals surface area (Å²) in [6, 6.07) is 19.6. The summed E-state index contributed by atoms with van der Waals surface area (Å²) in [6.07, 6.45) is 6.79. The van der Waals surface area contributed by atoms with Gasteiger partial charge in [0.1, 0.15) is 0 Å². The van der Waals surface area contributed by atoms with E-state index < -0.39 is 4.30 Å². The van der Waals surface area contributed by atoms with Crippen molar-refractivity contribution in [2.24, 2.45) is 0 Å². The Bertz CT molecular complexity index is 550. The summed E-state index contributed by atoms with van der Waals surface area (Å²) in [5.74, 6) is -0.0114. The van der Waals surface area contributed by atoms with Gasteiger partial charge in [-0.2, -0.15) is 0 Å². The molecule has 0 radical (unpaired) electrons. The molecular weight excluding hydrogens is 339 g/mol. The zero-order valence-corrected chi connectivity index (χ0v) is 14.0. The molecule has 0 atom stereocenters. The van der Waals surface area contributed by atoms with E-state index in [1.54, 1.807) is 12.2 Å². The van der Waals surface area contributed by atoms with Crippen LogP contribution < -0.4 is 0 Å². The van der Waals surface area contributed by atoms with Crippen molar-refractivity contribution in [3.8, 4) is 0 Å². The summed E-state index contributed by atoms with van der Waals surface area (Å²) >= 11 is 14.4. The molecule has 0 N–H and O–H groups in total. The number of halogens is 3. The molecular formula is C18H15Cl3O. The van der Waals surface area contributed by atoms with E-state index in [1.807, 2.05) is 72.8 Å². The van der Waals surface area contributed by atoms with Gasteiger partial charge < -0.3 is 0 Å². The van der Waals surface area contributed by atoms with Crippen molar-refractivity contribution in [2.75, 3.05) is 0 Å². The number of carbonyl (C=O) groups excluding carboxylic acids is 1. The number of carbonyl (C=O) groups is 1. The van der Waals surface area contributed by atoms with Gasteiger partial charge in [-0.3, -0.25) is 4.79 Å². The van der Waals surface area contributed by atoms with Crippen molar-refractivity contribution >= 4 is 52.7 Å². The molecule has 0 aliphatic carbocycles. The highest BCUT2D eigenvalue weighted by molar-refractivity contribution is 6.63. The minimum Gasteiger partial charge on any atom is -0.290 e. The van der Waals surface area contributed by atoms with Crippen LogP contribution in [0.1, 0.15) is 11.1 Å². The second-order valence-electron chi connectivity index (χ2n) is 4.14. The minimum absolute atomic E-state index is 0.0114. The van der Waals surface area contributed by atoms with Crippen LogP contribution in [0.15, 0.2) is 72.8 Å². The molecule has 0 heterocycles. The van der Waals surface area contributed by atoms with E-state index in [9.17, 15) is 4.79 Å². The monoisotopic (exact) mass is 352 g/mol. The first kappa shape index (κ1) is 18.5. The molecule has 2 aromatic carbocycles. The maximum atomic E-state index is 11.6. The van der Waals surface area contributed by atoms with Crippen LogP contribution in [0.2, 0.25) is 0 Å². The first-order valence-corrected chi connectivity index (χ1v) is 7.81. The van der Waals surface area contributed by atoms with Gasteiger partial charge in [-0.25, -0.2) is 0 Å². The van der Waals surface area contributed by atoms with E-state index in [-0.39, 0.29) is 5.78 Å². The van der Waals surface area contributed by atoms with E-state index in [0.717, 1.165) is 11.1 Å². The Morgan fingerprint density at radius 3 is 1.36 bits per heavy atom. The quantitative estimate of drug-likeness (QED) is 0.489. The van der Waals surface area contributed by atoms with E-state index in [2.05, 4.69) is 0 Å². The zero-order valence-electron chi connectivity index (χ0n) is 11.7. The first-order valence-electron chi connectivity index (χ1n) is 6.50. The Hall–Kier alpha value is -1.54. The number of benzene rings is 2. The molecule has 0 amide bonds. The second kappa shape index (κ2) is 11.1. The smallest absolute Gasteiger partial charge is 0.180 e. The van der Waals surface area contributed by atoms with Gasteiger partial charge in [0.15, 0.2) is 10.1 Å². The van der Waals surface area contributed by atoms with E-state index in [0.29, 0.717) is 0 Å². The topological polar surface area (TPSA) is 17.1 Å². The zero-order chi connectivity index (χ0) is 16.2. The third-order valence-electron chi connectivity index (χ3n) is 2.48. The number of alkyl halides is 3. The molecule has 0 unspecified atom stereocenters. The average Bonchev–Trinajstić information content (AvgIpc) is 2.52. The number of hydrogen-bond donors (Lipinski definition) is 0. The minimum atomic E-state index is -0.750. The summed E-state index contributed by atoms with van der Waals surface area (Å²) in [5.41, 5.74) is 2.05. The molecule has 114 valence electrons. The molecule has 4 heteroatoms. The van der Waals surface area contributed by atoms with Crippen LogP contribution in [0, 0.1) is 0 Å². The number of hydrogen-bond acceptors (Lipinski definition) is 1. The Morgan fingerprint density at radius 1 is 0.727 bits per heavy atom. The molecule has 0 aliphatic rings. The Labute approximate surface area is 145 Å². The van der Waals surface area contributed by atoms with Gasteiger partial charge in [0.25, 0.3) is 0 Å². The number of rotatable bonds is 4. The lowest BCUT2D eigenvalue weighted by atomic mass is 10.1. The lowest BCUT2D eigenvalue weighted by molar-refractivity contribution is -0.110. The summed E-state index contributed by atoms with van der Waals surface area (Å²) < 4.78 is -0.750. The van der Waals surface area contributed by atoms with E-state index in [1.165, 1.54) is 0 Å². The largest absolute Gasteiger partial charge is 0.290 e. The van der Waals surface area contributed by atoms with Crippen molar-refractivity contribution in [2.45, 2.75) is 4.30 Å². The lowest BCUT2D eigenvalue weighted by Crippen LogP contribution is -1.84. The molecule has 0 saturated heterocycles. The standard InChI is InChI=1S/C17H14O.CHCl3/c18-17(13-11-15-7-3-1-4-8-15)14-12-16-9-5-2-6-10-16;2-1(3)4/h1-14H;1H/b13-11-,14-12+;. The highest BCUT2D eigenvalue weighted by Crippen LogP contribution is 2.04. The molecule has 2 aromatic rings. The summed E-state index contributed by atoms with van der Waals surface area (Å²) in [7, 11) is 0. The molecule has 0 fully saturated rings. The molecule has 0 aromatic heterocycles. The van der Waals surface area contributed by atoms with Gasteiger partial charge >= 0.3 is 0 Å². The molecule has 0 bridgehead atoms. The van der Waals surface area contributed by atoms with Crippen LogP contribution >= 0.6 is 34.8 Å². The predicted molar refractivity (Wildman–Crippen MR) is 97.3 cm³/mol. The van der Waals surface area contributed by atoms with Crippen molar-refractivity contribution in [3.63, 3.8) is 0 Å². The SMILES string of the molecule is ClC(Cl)Cl.O=C(/C=C\c1ccccc1)/C=C/c1ccccc1. The fourth-order valence-electron chi connectivity index (χ4n) is 1.54. The van der Waals surface area contributed by atoms with Crippen LogP contribution in [0.5, 0.6) is 0 Å². The second-order valence-corrected chi connectivity index (χ2v) is 6.12. The highest BCUT2D eigenvalue weighted by atomic mass is 35.6. The average molecular weight is 354 g/mol. The Morgan fingerprint density at radius 2 is 1.05 bits per heavy atom. The molecule has 1 nitrogen and oxygen atoms in total. The van der Waals surface area contributed by atoms with Crippen molar-refractivity contribution in [1.29, 1.82) is 0 Å².